The van der Waals surface area contributed by atoms with E-state index in [0.717, 1.165) is 38.0 Å². The van der Waals surface area contributed by atoms with E-state index in [2.05, 4.69) is 15.2 Å². The van der Waals surface area contributed by atoms with Crippen LogP contribution in [0.25, 0.3) is 22.3 Å². The molecule has 45 heavy (non-hydrogen) atoms. The van der Waals surface area contributed by atoms with Crippen molar-refractivity contribution in [3.05, 3.63) is 64.4 Å². The molecule has 3 aromatic heterocycles. The van der Waals surface area contributed by atoms with Crippen molar-refractivity contribution in [1.29, 1.82) is 0 Å². The molecule has 0 spiro atoms. The SMILES string of the molecule is CC(C)(C)N(C(=O)O)[C@@H]1CCCN(c2ccc(Nc3c(C(=O)C4CC4)cnc4ccc(-c5cc(Cl)c(O)c(Cl)c5)nc34)cn2)C1. The quantitative estimate of drug-likeness (QED) is 0.172. The van der Waals surface area contributed by atoms with Crippen molar-refractivity contribution < 1.29 is 19.8 Å². The Morgan fingerprint density at radius 3 is 2.38 bits per heavy atom. The van der Waals surface area contributed by atoms with E-state index >= 15 is 0 Å². The highest BCUT2D eigenvalue weighted by Gasteiger charge is 2.36. The summed E-state index contributed by atoms with van der Waals surface area (Å²) in [7, 11) is 0. The van der Waals surface area contributed by atoms with Gasteiger partial charge in [0.25, 0.3) is 0 Å². The number of aromatic hydroxyl groups is 1. The molecule has 0 radical (unpaired) electrons. The third-order valence-corrected chi connectivity index (χ3v) is 8.85. The van der Waals surface area contributed by atoms with E-state index in [-0.39, 0.29) is 33.5 Å². The number of phenols is 1. The number of fused-ring (bicyclic) bond motifs is 1. The van der Waals surface area contributed by atoms with Crippen LogP contribution >= 0.6 is 23.2 Å². The molecule has 1 aliphatic heterocycles. The minimum absolute atomic E-state index is 0.0144. The molecular weight excluding hydrogens is 615 g/mol. The molecule has 12 heteroatoms. The number of hydrogen-bond acceptors (Lipinski definition) is 8. The minimum atomic E-state index is -0.920. The van der Waals surface area contributed by atoms with E-state index in [1.165, 1.54) is 0 Å². The van der Waals surface area contributed by atoms with E-state index in [9.17, 15) is 19.8 Å². The van der Waals surface area contributed by atoms with Crippen LogP contribution in [0, 0.1) is 5.92 Å². The number of aromatic nitrogens is 3. The maximum Gasteiger partial charge on any atom is 0.408 e. The van der Waals surface area contributed by atoms with Gasteiger partial charge in [0.1, 0.15) is 11.3 Å². The number of piperidine rings is 1. The Labute approximate surface area is 271 Å². The van der Waals surface area contributed by atoms with Gasteiger partial charge in [-0.2, -0.15) is 0 Å². The largest absolute Gasteiger partial charge is 0.505 e. The van der Waals surface area contributed by atoms with Crippen molar-refractivity contribution in [2.75, 3.05) is 23.3 Å². The molecule has 1 aliphatic carbocycles. The molecular formula is C33H34Cl2N6O4. The van der Waals surface area contributed by atoms with Gasteiger partial charge in [-0.25, -0.2) is 14.8 Å². The molecule has 3 N–H and O–H groups in total. The van der Waals surface area contributed by atoms with Gasteiger partial charge in [0.15, 0.2) is 11.5 Å². The van der Waals surface area contributed by atoms with E-state index in [0.29, 0.717) is 45.8 Å². The maximum absolute atomic E-state index is 13.4. The lowest BCUT2D eigenvalue weighted by Gasteiger charge is -2.44. The Morgan fingerprint density at radius 1 is 1.02 bits per heavy atom. The molecule has 1 saturated heterocycles. The molecule has 1 aromatic carbocycles. The van der Waals surface area contributed by atoms with E-state index in [4.69, 9.17) is 33.2 Å². The van der Waals surface area contributed by atoms with Crippen LogP contribution in [-0.2, 0) is 0 Å². The number of nitrogens with zero attached hydrogens (tertiary/aromatic N) is 5. The van der Waals surface area contributed by atoms with Crippen LogP contribution < -0.4 is 10.2 Å². The second-order valence-corrected chi connectivity index (χ2v) is 13.4. The lowest BCUT2D eigenvalue weighted by Crippen LogP contribution is -2.57. The first kappa shape index (κ1) is 30.9. The number of carbonyl (C=O) groups excluding carboxylic acids is 1. The monoisotopic (exact) mass is 648 g/mol. The molecule has 234 valence electrons. The topological polar surface area (TPSA) is 132 Å². The zero-order valence-corrected chi connectivity index (χ0v) is 26.7. The van der Waals surface area contributed by atoms with Crippen molar-refractivity contribution in [3.8, 4) is 17.0 Å². The van der Waals surface area contributed by atoms with Crippen LogP contribution in [-0.4, -0.2) is 66.6 Å². The number of ketones is 1. The number of carboxylic acid groups (broad SMARTS) is 1. The number of benzene rings is 1. The van der Waals surface area contributed by atoms with Gasteiger partial charge in [-0.3, -0.25) is 14.7 Å². The molecule has 1 saturated carbocycles. The Hall–Kier alpha value is -4.15. The molecule has 4 aromatic rings. The summed E-state index contributed by atoms with van der Waals surface area (Å²) in [6.07, 6.45) is 5.72. The Balaban J connectivity index is 1.32. The second-order valence-electron chi connectivity index (χ2n) is 12.6. The van der Waals surface area contributed by atoms with Crippen molar-refractivity contribution >= 4 is 63.3 Å². The average Bonchev–Trinajstić information content (AvgIpc) is 3.85. The van der Waals surface area contributed by atoms with Gasteiger partial charge in [-0.05, 0) is 82.9 Å². The number of phenolic OH excluding ortho intramolecular Hbond substituents is 1. The summed E-state index contributed by atoms with van der Waals surface area (Å²) in [6, 6.07) is 10.4. The number of rotatable bonds is 7. The van der Waals surface area contributed by atoms with Crippen molar-refractivity contribution in [2.24, 2.45) is 5.92 Å². The number of pyridine rings is 3. The molecule has 4 heterocycles. The van der Waals surface area contributed by atoms with Gasteiger partial charge in [-0.15, -0.1) is 0 Å². The molecule has 0 bridgehead atoms. The number of anilines is 3. The highest BCUT2D eigenvalue weighted by atomic mass is 35.5. The Kier molecular flexibility index (Phi) is 8.22. The number of halogens is 2. The van der Waals surface area contributed by atoms with Crippen LogP contribution in [0.5, 0.6) is 5.75 Å². The predicted octanol–water partition coefficient (Wildman–Crippen LogP) is 7.79. The van der Waals surface area contributed by atoms with Crippen LogP contribution in [0.15, 0.2) is 48.8 Å². The normalized spacial score (nSPS) is 16.9. The minimum Gasteiger partial charge on any atom is -0.505 e. The Morgan fingerprint density at radius 2 is 1.76 bits per heavy atom. The molecule has 0 unspecified atom stereocenters. The zero-order chi connectivity index (χ0) is 32.0. The fraction of sp³-hybridized carbons (Fsp3) is 0.364. The lowest BCUT2D eigenvalue weighted by molar-refractivity contribution is 0.0647. The van der Waals surface area contributed by atoms with Gasteiger partial charge >= 0.3 is 6.09 Å². The third kappa shape index (κ3) is 6.35. The number of Topliss-reactive ketones (excluding diaryl/α,β-unsaturated/α-hetero) is 1. The van der Waals surface area contributed by atoms with Gasteiger partial charge < -0.3 is 20.4 Å². The first-order chi connectivity index (χ1) is 21.4. The first-order valence-electron chi connectivity index (χ1n) is 14.9. The smallest absolute Gasteiger partial charge is 0.408 e. The van der Waals surface area contributed by atoms with E-state index in [1.54, 1.807) is 35.5 Å². The molecule has 10 nitrogen and oxygen atoms in total. The van der Waals surface area contributed by atoms with Crippen LogP contribution in [0.1, 0.15) is 56.8 Å². The highest BCUT2D eigenvalue weighted by Crippen LogP contribution is 2.39. The Bertz CT molecular complexity index is 1770. The molecule has 6 rings (SSSR count). The van der Waals surface area contributed by atoms with Gasteiger partial charge in [-0.1, -0.05) is 23.2 Å². The highest BCUT2D eigenvalue weighted by molar-refractivity contribution is 6.37. The average molecular weight is 650 g/mol. The summed E-state index contributed by atoms with van der Waals surface area (Å²) >= 11 is 12.4. The summed E-state index contributed by atoms with van der Waals surface area (Å²) < 4.78 is 0. The van der Waals surface area contributed by atoms with Gasteiger partial charge in [0.2, 0.25) is 0 Å². The first-order valence-corrected chi connectivity index (χ1v) is 15.7. The fourth-order valence-electron chi connectivity index (χ4n) is 5.97. The molecule has 1 amide bonds. The lowest BCUT2D eigenvalue weighted by atomic mass is 9.97. The number of hydrogen-bond donors (Lipinski definition) is 3. The summed E-state index contributed by atoms with van der Waals surface area (Å²) in [5.74, 6) is 0.530. The fourth-order valence-corrected chi connectivity index (χ4v) is 6.46. The van der Waals surface area contributed by atoms with Crippen molar-refractivity contribution in [3.63, 3.8) is 0 Å². The maximum atomic E-state index is 13.4. The summed E-state index contributed by atoms with van der Waals surface area (Å²) in [4.78, 5) is 43.3. The zero-order valence-electron chi connectivity index (χ0n) is 25.2. The summed E-state index contributed by atoms with van der Waals surface area (Å²) in [5, 5.41) is 23.6. The van der Waals surface area contributed by atoms with Crippen LogP contribution in [0.3, 0.4) is 0 Å². The number of amides is 1. The van der Waals surface area contributed by atoms with Crippen LogP contribution in [0.4, 0.5) is 22.0 Å². The number of nitrogens with one attached hydrogen (secondary N) is 1. The van der Waals surface area contributed by atoms with Crippen molar-refractivity contribution in [2.45, 2.75) is 58.0 Å². The summed E-state index contributed by atoms with van der Waals surface area (Å²) in [6.45, 7) is 7.07. The van der Waals surface area contributed by atoms with E-state index < -0.39 is 11.6 Å². The van der Waals surface area contributed by atoms with Gasteiger partial charge in [0, 0.05) is 36.3 Å². The molecule has 1 atom stereocenters. The van der Waals surface area contributed by atoms with E-state index in [1.807, 2.05) is 39.0 Å². The third-order valence-electron chi connectivity index (χ3n) is 8.27. The molecule has 2 fully saturated rings. The van der Waals surface area contributed by atoms with Crippen molar-refractivity contribution in [1.82, 2.24) is 19.9 Å². The molecule has 2 aliphatic rings. The predicted molar refractivity (Wildman–Crippen MR) is 176 cm³/mol. The summed E-state index contributed by atoms with van der Waals surface area (Å²) in [5.41, 5.74) is 3.38. The van der Waals surface area contributed by atoms with Gasteiger partial charge in [0.05, 0.1) is 50.4 Å². The number of carbonyl (C=O) groups is 2. The standard InChI is InChI=1S/C33H34Cl2N6O4/c1-33(2,3)41(32(44)45)21-5-4-12-40(17-21)27-11-8-20(15-37-27)38-28-22(30(42)18-6-7-18)16-36-26-10-9-25(39-29(26)28)19-13-23(34)31(43)24(35)14-19/h8-11,13-16,18,21,43H,4-7,12,17H2,1-3H3,(H,36,38)(H,44,45)/t21-/m1/s1. The second kappa shape index (κ2) is 12.0. The van der Waals surface area contributed by atoms with Crippen LogP contribution in [0.2, 0.25) is 10.0 Å².